The average Bonchev–Trinajstić information content (AvgIpc) is 3.00. The second kappa shape index (κ2) is 4.23. The van der Waals surface area contributed by atoms with Gasteiger partial charge >= 0.3 is 0 Å². The first kappa shape index (κ1) is 10.5. The van der Waals surface area contributed by atoms with E-state index >= 15 is 0 Å². The topological polar surface area (TPSA) is 38.4 Å². The Morgan fingerprint density at radius 1 is 1.53 bits per heavy atom. The number of nitrogens with two attached hydrogens (primary N) is 1. The van der Waals surface area contributed by atoms with Gasteiger partial charge in [-0.2, -0.15) is 0 Å². The first-order valence-corrected chi connectivity index (χ1v) is 5.63. The van der Waals surface area contributed by atoms with Crippen LogP contribution in [0.3, 0.4) is 0 Å². The molecule has 0 heterocycles. The number of aliphatic imine (C=N–C) groups is 1. The normalized spacial score (nSPS) is 18.9. The highest BCUT2D eigenvalue weighted by Gasteiger charge is 2.25. The fourth-order valence-electron chi connectivity index (χ4n) is 1.55. The molecule has 0 aromatic heterocycles. The lowest BCUT2D eigenvalue weighted by molar-refractivity contribution is 0.808. The third-order valence-electron chi connectivity index (χ3n) is 2.67. The van der Waals surface area contributed by atoms with Crippen LogP contribution in [0, 0.1) is 5.92 Å². The van der Waals surface area contributed by atoms with Crippen molar-refractivity contribution in [2.24, 2.45) is 16.6 Å². The minimum absolute atomic E-state index is 0.101. The summed E-state index contributed by atoms with van der Waals surface area (Å²) < 4.78 is 0. The Bertz CT molecular complexity index is 383. The van der Waals surface area contributed by atoms with Crippen molar-refractivity contribution in [3.05, 3.63) is 34.9 Å². The van der Waals surface area contributed by atoms with E-state index in [-0.39, 0.29) is 6.04 Å². The molecule has 0 radical (unpaired) electrons. The predicted molar refractivity (Wildman–Crippen MR) is 64.2 cm³/mol. The van der Waals surface area contributed by atoms with Crippen molar-refractivity contribution >= 4 is 17.4 Å². The standard InChI is InChI=1S/C12H15ClN2/c1-8(15-12(14)9-5-6-9)10-3-2-4-11(13)7-10/h2-4,7-9H,5-6H2,1H3,(H2,14,15). The molecule has 0 saturated heterocycles. The number of halogens is 1. The number of hydrogen-bond acceptors (Lipinski definition) is 1. The molecule has 1 aromatic carbocycles. The van der Waals surface area contributed by atoms with Crippen molar-refractivity contribution in [3.8, 4) is 0 Å². The van der Waals surface area contributed by atoms with Gasteiger partial charge in [0.05, 0.1) is 11.9 Å². The van der Waals surface area contributed by atoms with Crippen LogP contribution in [0.25, 0.3) is 0 Å². The fourth-order valence-corrected chi connectivity index (χ4v) is 1.75. The number of amidine groups is 1. The molecule has 1 saturated carbocycles. The van der Waals surface area contributed by atoms with Crippen LogP contribution in [0.1, 0.15) is 31.4 Å². The van der Waals surface area contributed by atoms with Crippen molar-refractivity contribution in [2.75, 3.05) is 0 Å². The van der Waals surface area contributed by atoms with Gasteiger partial charge in [-0.25, -0.2) is 0 Å². The highest BCUT2D eigenvalue weighted by Crippen LogP contribution is 2.30. The molecule has 1 fully saturated rings. The molecule has 2 nitrogen and oxygen atoms in total. The summed E-state index contributed by atoms with van der Waals surface area (Å²) in [4.78, 5) is 4.49. The summed E-state index contributed by atoms with van der Waals surface area (Å²) in [5.41, 5.74) is 6.99. The third-order valence-corrected chi connectivity index (χ3v) is 2.90. The van der Waals surface area contributed by atoms with Gasteiger partial charge in [-0.05, 0) is 37.5 Å². The molecular formula is C12H15ClN2. The van der Waals surface area contributed by atoms with E-state index in [1.165, 1.54) is 12.8 Å². The molecule has 0 amide bonds. The van der Waals surface area contributed by atoms with Crippen LogP contribution in [0.15, 0.2) is 29.3 Å². The van der Waals surface area contributed by atoms with Crippen LogP contribution in [-0.4, -0.2) is 5.84 Å². The van der Waals surface area contributed by atoms with Crippen molar-refractivity contribution < 1.29 is 0 Å². The number of rotatable bonds is 3. The van der Waals surface area contributed by atoms with Crippen molar-refractivity contribution in [1.82, 2.24) is 0 Å². The van der Waals surface area contributed by atoms with E-state index in [9.17, 15) is 0 Å². The van der Waals surface area contributed by atoms with Crippen molar-refractivity contribution in [3.63, 3.8) is 0 Å². The van der Waals surface area contributed by atoms with E-state index in [1.807, 2.05) is 31.2 Å². The highest BCUT2D eigenvalue weighted by molar-refractivity contribution is 6.30. The first-order chi connectivity index (χ1) is 7.16. The van der Waals surface area contributed by atoms with E-state index in [0.717, 1.165) is 16.4 Å². The zero-order valence-corrected chi connectivity index (χ0v) is 9.54. The molecular weight excluding hydrogens is 208 g/mol. The van der Waals surface area contributed by atoms with Gasteiger partial charge in [0.2, 0.25) is 0 Å². The van der Waals surface area contributed by atoms with Gasteiger partial charge in [-0.15, -0.1) is 0 Å². The molecule has 1 unspecified atom stereocenters. The van der Waals surface area contributed by atoms with Crippen molar-refractivity contribution in [1.29, 1.82) is 0 Å². The summed E-state index contributed by atoms with van der Waals surface area (Å²) in [6.45, 7) is 2.04. The quantitative estimate of drug-likeness (QED) is 0.619. The maximum atomic E-state index is 5.92. The van der Waals surface area contributed by atoms with Crippen molar-refractivity contribution in [2.45, 2.75) is 25.8 Å². The Hall–Kier alpha value is -1.02. The molecule has 1 aliphatic rings. The van der Waals surface area contributed by atoms with Crippen LogP contribution in [-0.2, 0) is 0 Å². The fraction of sp³-hybridized carbons (Fsp3) is 0.417. The van der Waals surface area contributed by atoms with Gasteiger partial charge in [-0.1, -0.05) is 23.7 Å². The average molecular weight is 223 g/mol. The molecule has 0 bridgehead atoms. The second-order valence-corrected chi connectivity index (χ2v) is 4.50. The SMILES string of the molecule is CC(N=C(N)C1CC1)c1cccc(Cl)c1. The Morgan fingerprint density at radius 2 is 2.27 bits per heavy atom. The summed E-state index contributed by atoms with van der Waals surface area (Å²) >= 11 is 5.92. The van der Waals surface area contributed by atoms with Gasteiger partial charge in [0.1, 0.15) is 0 Å². The molecule has 0 aliphatic heterocycles. The lowest BCUT2D eigenvalue weighted by Crippen LogP contribution is -2.15. The lowest BCUT2D eigenvalue weighted by Gasteiger charge is -2.08. The second-order valence-electron chi connectivity index (χ2n) is 4.06. The monoisotopic (exact) mass is 222 g/mol. The molecule has 3 heteroatoms. The van der Waals surface area contributed by atoms with Gasteiger partial charge in [0.25, 0.3) is 0 Å². The van der Waals surface area contributed by atoms with Crippen LogP contribution < -0.4 is 5.73 Å². The Labute approximate surface area is 95.2 Å². The van der Waals surface area contributed by atoms with E-state index in [4.69, 9.17) is 17.3 Å². The summed E-state index contributed by atoms with van der Waals surface area (Å²) in [5, 5.41) is 0.750. The molecule has 15 heavy (non-hydrogen) atoms. The molecule has 2 N–H and O–H groups in total. The Morgan fingerprint density at radius 3 is 2.87 bits per heavy atom. The van der Waals surface area contributed by atoms with E-state index in [2.05, 4.69) is 4.99 Å². The molecule has 2 rings (SSSR count). The van der Waals surface area contributed by atoms with Crippen LogP contribution in [0.5, 0.6) is 0 Å². The lowest BCUT2D eigenvalue weighted by atomic mass is 10.1. The maximum Gasteiger partial charge on any atom is 0.0975 e. The first-order valence-electron chi connectivity index (χ1n) is 5.25. The van der Waals surface area contributed by atoms with Crippen LogP contribution >= 0.6 is 11.6 Å². The van der Waals surface area contributed by atoms with Gasteiger partial charge < -0.3 is 5.73 Å². The number of hydrogen-bond donors (Lipinski definition) is 1. The smallest absolute Gasteiger partial charge is 0.0975 e. The number of benzene rings is 1. The predicted octanol–water partition coefficient (Wildman–Crippen LogP) is 3.17. The van der Waals surface area contributed by atoms with Crippen LogP contribution in [0.4, 0.5) is 0 Å². The molecule has 1 aliphatic carbocycles. The number of nitrogens with zero attached hydrogens (tertiary/aromatic N) is 1. The zero-order chi connectivity index (χ0) is 10.8. The van der Waals surface area contributed by atoms with E-state index < -0.39 is 0 Å². The molecule has 1 atom stereocenters. The third kappa shape index (κ3) is 2.72. The summed E-state index contributed by atoms with van der Waals surface area (Å²) in [6.07, 6.45) is 2.38. The van der Waals surface area contributed by atoms with Gasteiger partial charge in [0.15, 0.2) is 0 Å². The highest BCUT2D eigenvalue weighted by atomic mass is 35.5. The zero-order valence-electron chi connectivity index (χ0n) is 8.78. The minimum Gasteiger partial charge on any atom is -0.387 e. The van der Waals surface area contributed by atoms with E-state index in [1.54, 1.807) is 0 Å². The van der Waals surface area contributed by atoms with Crippen LogP contribution in [0.2, 0.25) is 5.02 Å². The molecule has 0 spiro atoms. The Balaban J connectivity index is 2.13. The van der Waals surface area contributed by atoms with Gasteiger partial charge in [-0.3, -0.25) is 4.99 Å². The van der Waals surface area contributed by atoms with Gasteiger partial charge in [0, 0.05) is 10.9 Å². The minimum atomic E-state index is 0.101. The largest absolute Gasteiger partial charge is 0.387 e. The summed E-state index contributed by atoms with van der Waals surface area (Å²) in [7, 11) is 0. The summed E-state index contributed by atoms with van der Waals surface area (Å²) in [6, 6.07) is 7.88. The maximum absolute atomic E-state index is 5.92. The summed E-state index contributed by atoms with van der Waals surface area (Å²) in [5.74, 6) is 1.33. The van der Waals surface area contributed by atoms with E-state index in [0.29, 0.717) is 5.92 Å². The Kier molecular flexibility index (Phi) is 2.96. The molecule has 80 valence electrons. The molecule has 1 aromatic rings.